The molecule has 1 heterocycles. The minimum atomic E-state index is 0.0801. The second-order valence-corrected chi connectivity index (χ2v) is 3.64. The standard InChI is InChI=1S/C11H17N3O/c1-9-10(5-4-6-13-9)7-12-8-11(15)14(2)3/h4-6,12H,7-8H2,1-3H3. The van der Waals surface area contributed by atoms with Crippen molar-refractivity contribution in [3.05, 3.63) is 29.6 Å². The predicted octanol–water partition coefficient (Wildman–Crippen LogP) is 0.568. The van der Waals surface area contributed by atoms with Crippen molar-refractivity contribution >= 4 is 5.91 Å². The Bertz CT molecular complexity index is 336. The number of amides is 1. The van der Waals surface area contributed by atoms with Crippen LogP contribution in [0.3, 0.4) is 0 Å². The number of nitrogens with one attached hydrogen (secondary N) is 1. The third-order valence-electron chi connectivity index (χ3n) is 2.21. The highest BCUT2D eigenvalue weighted by molar-refractivity contribution is 5.77. The van der Waals surface area contributed by atoms with Crippen molar-refractivity contribution in [3.8, 4) is 0 Å². The van der Waals surface area contributed by atoms with Crippen molar-refractivity contribution in [1.29, 1.82) is 0 Å². The molecule has 82 valence electrons. The molecule has 1 aromatic rings. The van der Waals surface area contributed by atoms with Crippen LogP contribution < -0.4 is 5.32 Å². The molecule has 4 nitrogen and oxygen atoms in total. The molecule has 0 aliphatic heterocycles. The Morgan fingerprint density at radius 2 is 2.27 bits per heavy atom. The summed E-state index contributed by atoms with van der Waals surface area (Å²) in [6, 6.07) is 3.91. The molecule has 0 aliphatic carbocycles. The number of carbonyl (C=O) groups excluding carboxylic acids is 1. The maximum absolute atomic E-state index is 11.3. The van der Waals surface area contributed by atoms with Gasteiger partial charge in [-0.3, -0.25) is 9.78 Å². The zero-order chi connectivity index (χ0) is 11.3. The van der Waals surface area contributed by atoms with Crippen LogP contribution in [0.5, 0.6) is 0 Å². The maximum Gasteiger partial charge on any atom is 0.236 e. The van der Waals surface area contributed by atoms with Gasteiger partial charge in [0.2, 0.25) is 5.91 Å². The molecule has 0 atom stereocenters. The van der Waals surface area contributed by atoms with E-state index in [-0.39, 0.29) is 5.91 Å². The van der Waals surface area contributed by atoms with Gasteiger partial charge >= 0.3 is 0 Å². The van der Waals surface area contributed by atoms with E-state index in [0.29, 0.717) is 13.1 Å². The van der Waals surface area contributed by atoms with Gasteiger partial charge in [0.05, 0.1) is 6.54 Å². The van der Waals surface area contributed by atoms with Crippen LogP contribution in [0.2, 0.25) is 0 Å². The Balaban J connectivity index is 2.38. The molecule has 1 rings (SSSR count). The van der Waals surface area contributed by atoms with E-state index in [0.717, 1.165) is 11.3 Å². The third kappa shape index (κ3) is 3.67. The number of hydrogen-bond donors (Lipinski definition) is 1. The Hall–Kier alpha value is -1.42. The highest BCUT2D eigenvalue weighted by Gasteiger charge is 2.03. The Morgan fingerprint density at radius 3 is 2.87 bits per heavy atom. The summed E-state index contributed by atoms with van der Waals surface area (Å²) in [7, 11) is 3.50. The molecule has 0 aromatic carbocycles. The lowest BCUT2D eigenvalue weighted by molar-refractivity contribution is -0.127. The molecular weight excluding hydrogens is 190 g/mol. The van der Waals surface area contributed by atoms with Gasteiger partial charge in [0.1, 0.15) is 0 Å². The maximum atomic E-state index is 11.3. The van der Waals surface area contributed by atoms with E-state index >= 15 is 0 Å². The topological polar surface area (TPSA) is 45.2 Å². The Labute approximate surface area is 90.3 Å². The summed E-state index contributed by atoms with van der Waals surface area (Å²) < 4.78 is 0. The van der Waals surface area contributed by atoms with Crippen molar-refractivity contribution in [2.24, 2.45) is 0 Å². The molecule has 0 bridgehead atoms. The summed E-state index contributed by atoms with van der Waals surface area (Å²) in [4.78, 5) is 17.0. The Morgan fingerprint density at radius 1 is 1.53 bits per heavy atom. The molecule has 0 radical (unpaired) electrons. The average molecular weight is 207 g/mol. The molecule has 0 unspecified atom stereocenters. The minimum Gasteiger partial charge on any atom is -0.348 e. The zero-order valence-electron chi connectivity index (χ0n) is 9.45. The number of rotatable bonds is 4. The molecule has 0 spiro atoms. The molecule has 4 heteroatoms. The number of hydrogen-bond acceptors (Lipinski definition) is 3. The molecular formula is C11H17N3O. The van der Waals surface area contributed by atoms with Crippen LogP contribution in [0.1, 0.15) is 11.3 Å². The number of pyridine rings is 1. The van der Waals surface area contributed by atoms with Gasteiger partial charge in [-0.2, -0.15) is 0 Å². The second kappa shape index (κ2) is 5.46. The van der Waals surface area contributed by atoms with E-state index in [9.17, 15) is 4.79 Å². The zero-order valence-corrected chi connectivity index (χ0v) is 9.45. The lowest BCUT2D eigenvalue weighted by Gasteiger charge is -2.11. The summed E-state index contributed by atoms with van der Waals surface area (Å²) in [5, 5.41) is 3.09. The van der Waals surface area contributed by atoms with Crippen LogP contribution >= 0.6 is 0 Å². The average Bonchev–Trinajstić information content (AvgIpc) is 2.20. The first-order valence-electron chi connectivity index (χ1n) is 4.92. The minimum absolute atomic E-state index is 0.0801. The van der Waals surface area contributed by atoms with Crippen molar-refractivity contribution in [2.75, 3.05) is 20.6 Å². The van der Waals surface area contributed by atoms with Crippen LogP contribution in [-0.2, 0) is 11.3 Å². The lowest BCUT2D eigenvalue weighted by Crippen LogP contribution is -2.32. The van der Waals surface area contributed by atoms with Gasteiger partial charge in [-0.15, -0.1) is 0 Å². The van der Waals surface area contributed by atoms with E-state index in [1.165, 1.54) is 0 Å². The first-order valence-corrected chi connectivity index (χ1v) is 4.92. The van der Waals surface area contributed by atoms with Crippen molar-refractivity contribution in [1.82, 2.24) is 15.2 Å². The number of likely N-dealkylation sites (N-methyl/N-ethyl adjacent to an activating group) is 1. The van der Waals surface area contributed by atoms with E-state index in [2.05, 4.69) is 10.3 Å². The van der Waals surface area contributed by atoms with Gasteiger partial charge in [0.15, 0.2) is 0 Å². The summed E-state index contributed by atoms with van der Waals surface area (Å²) in [6.45, 7) is 3.01. The highest BCUT2D eigenvalue weighted by Crippen LogP contribution is 2.02. The van der Waals surface area contributed by atoms with Crippen molar-refractivity contribution < 1.29 is 4.79 Å². The van der Waals surface area contributed by atoms with E-state index in [1.54, 1.807) is 25.2 Å². The van der Waals surface area contributed by atoms with Gasteiger partial charge in [-0.05, 0) is 18.6 Å². The molecule has 0 fully saturated rings. The summed E-state index contributed by atoms with van der Waals surface area (Å²) >= 11 is 0. The normalized spacial score (nSPS) is 10.1. The molecule has 1 amide bonds. The van der Waals surface area contributed by atoms with Crippen LogP contribution in [0.15, 0.2) is 18.3 Å². The monoisotopic (exact) mass is 207 g/mol. The first-order chi connectivity index (χ1) is 7.11. The number of carbonyl (C=O) groups is 1. The van der Waals surface area contributed by atoms with Crippen molar-refractivity contribution in [2.45, 2.75) is 13.5 Å². The van der Waals surface area contributed by atoms with Crippen LogP contribution in [0.4, 0.5) is 0 Å². The van der Waals surface area contributed by atoms with Crippen molar-refractivity contribution in [3.63, 3.8) is 0 Å². The predicted molar refractivity (Wildman–Crippen MR) is 59.4 cm³/mol. The molecule has 0 saturated heterocycles. The molecule has 1 aromatic heterocycles. The van der Waals surface area contributed by atoms with E-state index in [1.807, 2.05) is 19.1 Å². The number of aromatic nitrogens is 1. The Kier molecular flexibility index (Phi) is 4.24. The fraction of sp³-hybridized carbons (Fsp3) is 0.455. The van der Waals surface area contributed by atoms with Gasteiger partial charge < -0.3 is 10.2 Å². The molecule has 1 N–H and O–H groups in total. The van der Waals surface area contributed by atoms with E-state index in [4.69, 9.17) is 0 Å². The third-order valence-corrected chi connectivity index (χ3v) is 2.21. The largest absolute Gasteiger partial charge is 0.348 e. The number of nitrogens with zero attached hydrogens (tertiary/aromatic N) is 2. The highest BCUT2D eigenvalue weighted by atomic mass is 16.2. The lowest BCUT2D eigenvalue weighted by atomic mass is 10.2. The fourth-order valence-electron chi connectivity index (χ4n) is 1.17. The number of aryl methyl sites for hydroxylation is 1. The second-order valence-electron chi connectivity index (χ2n) is 3.64. The summed E-state index contributed by atoms with van der Waals surface area (Å²) in [6.07, 6.45) is 1.77. The summed E-state index contributed by atoms with van der Waals surface area (Å²) in [5.74, 6) is 0.0801. The van der Waals surface area contributed by atoms with Gasteiger partial charge in [0, 0.05) is 32.5 Å². The van der Waals surface area contributed by atoms with Gasteiger partial charge in [-0.1, -0.05) is 6.07 Å². The fourth-order valence-corrected chi connectivity index (χ4v) is 1.17. The van der Waals surface area contributed by atoms with Crippen LogP contribution in [0.25, 0.3) is 0 Å². The van der Waals surface area contributed by atoms with Gasteiger partial charge in [-0.25, -0.2) is 0 Å². The molecule has 0 saturated carbocycles. The van der Waals surface area contributed by atoms with Gasteiger partial charge in [0.25, 0.3) is 0 Å². The molecule has 15 heavy (non-hydrogen) atoms. The SMILES string of the molecule is Cc1ncccc1CNCC(=O)N(C)C. The van der Waals surface area contributed by atoms with Crippen LogP contribution in [0, 0.1) is 6.92 Å². The van der Waals surface area contributed by atoms with E-state index < -0.39 is 0 Å². The quantitative estimate of drug-likeness (QED) is 0.785. The smallest absolute Gasteiger partial charge is 0.236 e. The van der Waals surface area contributed by atoms with Crippen LogP contribution in [-0.4, -0.2) is 36.4 Å². The summed E-state index contributed by atoms with van der Waals surface area (Å²) in [5.41, 5.74) is 2.13. The first kappa shape index (κ1) is 11.7. The molecule has 0 aliphatic rings.